The van der Waals surface area contributed by atoms with Gasteiger partial charge in [0.1, 0.15) is 5.75 Å². The summed E-state index contributed by atoms with van der Waals surface area (Å²) in [6.45, 7) is 2.55. The van der Waals surface area contributed by atoms with Crippen LogP contribution in [-0.4, -0.2) is 19.6 Å². The van der Waals surface area contributed by atoms with Crippen LogP contribution in [0.4, 0.5) is 0 Å². The van der Waals surface area contributed by atoms with Gasteiger partial charge in [-0.3, -0.25) is 4.79 Å². The number of rotatable bonds is 5. The number of hydrogen-bond donors (Lipinski definition) is 2. The zero-order chi connectivity index (χ0) is 12.0. The van der Waals surface area contributed by atoms with Gasteiger partial charge in [-0.15, -0.1) is 0 Å². The summed E-state index contributed by atoms with van der Waals surface area (Å²) in [5.41, 5.74) is 7.42. The standard InChI is InChI=1S/C12H18N2O2/c1-3-9-4-5-11(16-2)10(6-9)8-14-12(15)7-13/h4-6H,3,7-8,13H2,1-2H3,(H,14,15). The van der Waals surface area contributed by atoms with Crippen molar-refractivity contribution in [2.24, 2.45) is 5.73 Å². The highest BCUT2D eigenvalue weighted by molar-refractivity contribution is 5.77. The van der Waals surface area contributed by atoms with E-state index in [1.165, 1.54) is 5.56 Å². The molecule has 1 aromatic rings. The minimum absolute atomic E-state index is 0.00971. The Bertz CT molecular complexity index is 364. The molecular weight excluding hydrogens is 204 g/mol. The van der Waals surface area contributed by atoms with E-state index in [1.807, 2.05) is 18.2 Å². The molecule has 0 aliphatic carbocycles. The lowest BCUT2D eigenvalue weighted by atomic mass is 10.1. The predicted molar refractivity (Wildman–Crippen MR) is 63.3 cm³/mol. The van der Waals surface area contributed by atoms with Gasteiger partial charge in [-0.25, -0.2) is 0 Å². The number of nitrogens with two attached hydrogens (primary N) is 1. The highest BCUT2D eigenvalue weighted by Crippen LogP contribution is 2.19. The molecule has 88 valence electrons. The Labute approximate surface area is 95.8 Å². The smallest absolute Gasteiger partial charge is 0.234 e. The van der Waals surface area contributed by atoms with Crippen LogP contribution in [-0.2, 0) is 17.8 Å². The second-order valence-corrected chi connectivity index (χ2v) is 3.48. The van der Waals surface area contributed by atoms with E-state index < -0.39 is 0 Å². The van der Waals surface area contributed by atoms with E-state index >= 15 is 0 Å². The highest BCUT2D eigenvalue weighted by atomic mass is 16.5. The summed E-state index contributed by atoms with van der Waals surface area (Å²) in [5, 5.41) is 2.73. The molecule has 1 aromatic carbocycles. The third-order valence-corrected chi connectivity index (χ3v) is 2.41. The summed E-state index contributed by atoms with van der Waals surface area (Å²) in [4.78, 5) is 11.1. The monoisotopic (exact) mass is 222 g/mol. The van der Waals surface area contributed by atoms with E-state index in [0.29, 0.717) is 6.54 Å². The molecule has 0 fully saturated rings. The second kappa shape index (κ2) is 6.12. The van der Waals surface area contributed by atoms with Gasteiger partial charge in [0.15, 0.2) is 0 Å². The van der Waals surface area contributed by atoms with E-state index in [4.69, 9.17) is 10.5 Å². The third kappa shape index (κ3) is 3.24. The number of aryl methyl sites for hydroxylation is 1. The second-order valence-electron chi connectivity index (χ2n) is 3.48. The lowest BCUT2D eigenvalue weighted by Gasteiger charge is -2.10. The third-order valence-electron chi connectivity index (χ3n) is 2.41. The summed E-state index contributed by atoms with van der Waals surface area (Å²) in [7, 11) is 1.62. The van der Waals surface area contributed by atoms with E-state index in [2.05, 4.69) is 12.2 Å². The van der Waals surface area contributed by atoms with Gasteiger partial charge < -0.3 is 15.8 Å². The molecule has 1 amide bonds. The molecule has 1 rings (SSSR count). The molecule has 0 unspecified atom stereocenters. The van der Waals surface area contributed by atoms with Crippen LogP contribution < -0.4 is 15.8 Å². The Hall–Kier alpha value is -1.55. The Kier molecular flexibility index (Phi) is 4.79. The van der Waals surface area contributed by atoms with Crippen molar-refractivity contribution in [1.29, 1.82) is 0 Å². The van der Waals surface area contributed by atoms with Crippen molar-refractivity contribution in [2.45, 2.75) is 19.9 Å². The lowest BCUT2D eigenvalue weighted by molar-refractivity contribution is -0.119. The topological polar surface area (TPSA) is 64.3 Å². The van der Waals surface area contributed by atoms with Gasteiger partial charge in [-0.2, -0.15) is 0 Å². The van der Waals surface area contributed by atoms with Crippen molar-refractivity contribution in [3.8, 4) is 5.75 Å². The zero-order valence-electron chi connectivity index (χ0n) is 9.75. The number of hydrogen-bond acceptors (Lipinski definition) is 3. The Morgan fingerprint density at radius 2 is 2.25 bits per heavy atom. The summed E-state index contributed by atoms with van der Waals surface area (Å²) in [6, 6.07) is 5.98. The number of benzene rings is 1. The Balaban J connectivity index is 2.78. The van der Waals surface area contributed by atoms with Crippen LogP contribution >= 0.6 is 0 Å². The van der Waals surface area contributed by atoms with E-state index in [1.54, 1.807) is 7.11 Å². The molecule has 3 N–H and O–H groups in total. The first-order chi connectivity index (χ1) is 7.71. The molecule has 4 heteroatoms. The molecular formula is C12H18N2O2. The number of nitrogens with one attached hydrogen (secondary N) is 1. The minimum Gasteiger partial charge on any atom is -0.496 e. The SMILES string of the molecule is CCc1ccc(OC)c(CNC(=O)CN)c1. The molecule has 16 heavy (non-hydrogen) atoms. The summed E-state index contributed by atoms with van der Waals surface area (Å²) in [6.07, 6.45) is 0.960. The average Bonchev–Trinajstić information content (AvgIpc) is 2.35. The van der Waals surface area contributed by atoms with Crippen molar-refractivity contribution >= 4 is 5.91 Å². The quantitative estimate of drug-likeness (QED) is 0.775. The van der Waals surface area contributed by atoms with E-state index in [0.717, 1.165) is 17.7 Å². The van der Waals surface area contributed by atoms with Gasteiger partial charge in [0.2, 0.25) is 5.91 Å². The van der Waals surface area contributed by atoms with Crippen LogP contribution in [0.5, 0.6) is 5.75 Å². The number of carbonyl (C=O) groups excluding carboxylic acids is 1. The van der Waals surface area contributed by atoms with Crippen molar-refractivity contribution in [2.75, 3.05) is 13.7 Å². The average molecular weight is 222 g/mol. The first-order valence-electron chi connectivity index (χ1n) is 5.33. The molecule has 4 nitrogen and oxygen atoms in total. The number of amides is 1. The highest BCUT2D eigenvalue weighted by Gasteiger charge is 2.05. The van der Waals surface area contributed by atoms with Gasteiger partial charge in [0.25, 0.3) is 0 Å². The number of carbonyl (C=O) groups is 1. The molecule has 0 aliphatic heterocycles. The van der Waals surface area contributed by atoms with Gasteiger partial charge in [-0.1, -0.05) is 19.1 Å². The molecule has 0 saturated heterocycles. The molecule has 0 aliphatic rings. The predicted octanol–water partition coefficient (Wildman–Crippen LogP) is 0.833. The van der Waals surface area contributed by atoms with Crippen molar-refractivity contribution in [3.63, 3.8) is 0 Å². The van der Waals surface area contributed by atoms with Gasteiger partial charge in [-0.05, 0) is 18.1 Å². The van der Waals surface area contributed by atoms with E-state index in [9.17, 15) is 4.79 Å². The first-order valence-corrected chi connectivity index (χ1v) is 5.33. The number of ether oxygens (including phenoxy) is 1. The Morgan fingerprint density at radius 3 is 2.81 bits per heavy atom. The van der Waals surface area contributed by atoms with Crippen molar-refractivity contribution in [1.82, 2.24) is 5.32 Å². The molecule has 0 saturated carbocycles. The van der Waals surface area contributed by atoms with Crippen LogP contribution in [0.25, 0.3) is 0 Å². The van der Waals surface area contributed by atoms with Crippen LogP contribution in [0.15, 0.2) is 18.2 Å². The maximum absolute atomic E-state index is 11.1. The summed E-state index contributed by atoms with van der Waals surface area (Å²) >= 11 is 0. The molecule has 0 aromatic heterocycles. The van der Waals surface area contributed by atoms with Gasteiger partial charge in [0.05, 0.1) is 13.7 Å². The Morgan fingerprint density at radius 1 is 1.50 bits per heavy atom. The molecule has 0 atom stereocenters. The number of methoxy groups -OCH3 is 1. The van der Waals surface area contributed by atoms with Gasteiger partial charge in [0, 0.05) is 12.1 Å². The molecule has 0 bridgehead atoms. The minimum atomic E-state index is -0.163. The fourth-order valence-corrected chi connectivity index (χ4v) is 1.46. The van der Waals surface area contributed by atoms with Crippen molar-refractivity contribution in [3.05, 3.63) is 29.3 Å². The molecule has 0 spiro atoms. The molecule has 0 radical (unpaired) electrons. The van der Waals surface area contributed by atoms with Crippen LogP contribution in [0.3, 0.4) is 0 Å². The lowest BCUT2D eigenvalue weighted by Crippen LogP contribution is -2.29. The van der Waals surface area contributed by atoms with Crippen LogP contribution in [0.1, 0.15) is 18.1 Å². The fraction of sp³-hybridized carbons (Fsp3) is 0.417. The molecule has 0 heterocycles. The summed E-state index contributed by atoms with van der Waals surface area (Å²) < 4.78 is 5.23. The maximum Gasteiger partial charge on any atom is 0.234 e. The van der Waals surface area contributed by atoms with Gasteiger partial charge >= 0.3 is 0 Å². The van der Waals surface area contributed by atoms with Crippen molar-refractivity contribution < 1.29 is 9.53 Å². The van der Waals surface area contributed by atoms with E-state index in [-0.39, 0.29) is 12.5 Å². The largest absolute Gasteiger partial charge is 0.496 e. The zero-order valence-corrected chi connectivity index (χ0v) is 9.75. The fourth-order valence-electron chi connectivity index (χ4n) is 1.46. The maximum atomic E-state index is 11.1. The van der Waals surface area contributed by atoms with Crippen LogP contribution in [0.2, 0.25) is 0 Å². The van der Waals surface area contributed by atoms with Crippen LogP contribution in [0, 0.1) is 0 Å². The summed E-state index contributed by atoms with van der Waals surface area (Å²) in [5.74, 6) is 0.624. The first kappa shape index (κ1) is 12.5. The normalized spacial score (nSPS) is 9.94.